The molecular weight excluding hydrogens is 342 g/mol. The molecule has 3 aromatic carbocycles. The Kier molecular flexibility index (Phi) is 4.09. The summed E-state index contributed by atoms with van der Waals surface area (Å²) < 4.78 is 0. The minimum absolute atomic E-state index is 0.168. The predicted molar refractivity (Wildman–Crippen MR) is 118 cm³/mol. The van der Waals surface area contributed by atoms with Crippen molar-refractivity contribution in [2.45, 2.75) is 20.0 Å². The lowest BCUT2D eigenvalue weighted by Gasteiger charge is -2.33. The summed E-state index contributed by atoms with van der Waals surface area (Å²) in [5.41, 5.74) is 7.65. The molecule has 3 heteroatoms. The molecule has 0 saturated carbocycles. The molecule has 0 amide bonds. The maximum Gasteiger partial charge on any atom is 0.130 e. The number of fused-ring (bicyclic) bond motifs is 1. The quantitative estimate of drug-likeness (QED) is 0.494. The summed E-state index contributed by atoms with van der Waals surface area (Å²) in [7, 11) is 0. The Hall–Kier alpha value is -3.20. The number of aromatic amines is 1. The predicted octanol–water partition coefficient (Wildman–Crippen LogP) is 5.81. The van der Waals surface area contributed by atoms with Crippen LogP contribution in [0.15, 0.2) is 79.0 Å². The zero-order valence-corrected chi connectivity index (χ0v) is 16.4. The fourth-order valence-electron chi connectivity index (χ4n) is 4.28. The van der Waals surface area contributed by atoms with Gasteiger partial charge in [-0.25, -0.2) is 0 Å². The van der Waals surface area contributed by atoms with E-state index < -0.39 is 0 Å². The molecule has 0 atom stereocenters. The topological polar surface area (TPSA) is 22.3 Å². The zero-order chi connectivity index (χ0) is 19.1. The minimum atomic E-state index is 0.168. The number of H-pyrrole nitrogens is 1. The molecule has 2 heterocycles. The molecule has 3 nitrogen and oxygen atoms in total. The molecule has 0 unspecified atom stereocenters. The average Bonchev–Trinajstić information content (AvgIpc) is 3.33. The van der Waals surface area contributed by atoms with E-state index in [9.17, 15) is 0 Å². The van der Waals surface area contributed by atoms with Crippen LogP contribution in [0.4, 0.5) is 11.4 Å². The van der Waals surface area contributed by atoms with Gasteiger partial charge in [-0.1, -0.05) is 53.6 Å². The van der Waals surface area contributed by atoms with E-state index in [0.29, 0.717) is 0 Å². The molecule has 0 radical (unpaired) electrons. The fraction of sp³-hybridized carbons (Fsp3) is 0.200. The largest absolute Gasteiger partial charge is 0.361 e. The highest BCUT2D eigenvalue weighted by Crippen LogP contribution is 2.40. The number of benzene rings is 3. The molecule has 28 heavy (non-hydrogen) atoms. The van der Waals surface area contributed by atoms with Crippen LogP contribution in [0, 0.1) is 13.8 Å². The van der Waals surface area contributed by atoms with Crippen molar-refractivity contribution in [2.75, 3.05) is 22.9 Å². The molecule has 0 spiro atoms. The van der Waals surface area contributed by atoms with Crippen molar-refractivity contribution in [3.63, 3.8) is 0 Å². The van der Waals surface area contributed by atoms with Crippen molar-refractivity contribution in [3.05, 3.63) is 95.7 Å². The number of aromatic nitrogens is 1. The zero-order valence-electron chi connectivity index (χ0n) is 16.4. The summed E-state index contributed by atoms with van der Waals surface area (Å²) >= 11 is 0. The summed E-state index contributed by atoms with van der Waals surface area (Å²) in [6.07, 6.45) is 2.35. The molecule has 140 valence electrons. The second-order valence-electron chi connectivity index (χ2n) is 7.72. The van der Waals surface area contributed by atoms with Gasteiger partial charge in [0.25, 0.3) is 0 Å². The van der Waals surface area contributed by atoms with Crippen molar-refractivity contribution in [2.24, 2.45) is 0 Å². The van der Waals surface area contributed by atoms with E-state index in [2.05, 4.69) is 108 Å². The number of para-hydroxylation sites is 1. The van der Waals surface area contributed by atoms with Gasteiger partial charge in [0.15, 0.2) is 0 Å². The summed E-state index contributed by atoms with van der Waals surface area (Å²) in [6.45, 7) is 6.29. The lowest BCUT2D eigenvalue weighted by molar-refractivity contribution is 0.723. The Balaban J connectivity index is 1.64. The van der Waals surface area contributed by atoms with Crippen molar-refractivity contribution < 1.29 is 0 Å². The maximum absolute atomic E-state index is 3.47. The molecule has 1 aromatic heterocycles. The van der Waals surface area contributed by atoms with Gasteiger partial charge in [-0.2, -0.15) is 0 Å². The van der Waals surface area contributed by atoms with Crippen molar-refractivity contribution in [1.82, 2.24) is 4.98 Å². The van der Waals surface area contributed by atoms with Crippen LogP contribution in [-0.2, 0) is 0 Å². The van der Waals surface area contributed by atoms with Crippen LogP contribution >= 0.6 is 0 Å². The summed E-state index contributed by atoms with van der Waals surface area (Å²) in [5.74, 6) is 0. The number of hydrogen-bond acceptors (Lipinski definition) is 2. The van der Waals surface area contributed by atoms with Gasteiger partial charge < -0.3 is 14.8 Å². The Labute approximate surface area is 166 Å². The maximum atomic E-state index is 3.47. The molecular formula is C25H25N3. The van der Waals surface area contributed by atoms with Gasteiger partial charge in [0.05, 0.1) is 0 Å². The average molecular weight is 367 g/mol. The number of hydrogen-bond donors (Lipinski definition) is 1. The van der Waals surface area contributed by atoms with Crippen molar-refractivity contribution in [1.29, 1.82) is 0 Å². The molecule has 1 aliphatic heterocycles. The van der Waals surface area contributed by atoms with Gasteiger partial charge in [-0.15, -0.1) is 0 Å². The first-order valence-corrected chi connectivity index (χ1v) is 9.93. The van der Waals surface area contributed by atoms with E-state index in [4.69, 9.17) is 0 Å². The van der Waals surface area contributed by atoms with Crippen LogP contribution < -0.4 is 9.80 Å². The van der Waals surface area contributed by atoms with Crippen LogP contribution in [0.1, 0.15) is 22.9 Å². The van der Waals surface area contributed by atoms with Crippen molar-refractivity contribution >= 4 is 22.3 Å². The van der Waals surface area contributed by atoms with Gasteiger partial charge in [0, 0.05) is 47.1 Å². The third kappa shape index (κ3) is 2.84. The number of nitrogens with zero attached hydrogens (tertiary/aromatic N) is 2. The fourth-order valence-corrected chi connectivity index (χ4v) is 4.28. The van der Waals surface area contributed by atoms with E-state index in [0.717, 1.165) is 13.1 Å². The van der Waals surface area contributed by atoms with E-state index in [-0.39, 0.29) is 6.17 Å². The lowest BCUT2D eigenvalue weighted by Crippen LogP contribution is -2.30. The van der Waals surface area contributed by atoms with E-state index >= 15 is 0 Å². The van der Waals surface area contributed by atoms with Gasteiger partial charge in [0.1, 0.15) is 6.17 Å². The van der Waals surface area contributed by atoms with E-state index in [1.54, 1.807) is 0 Å². The Bertz CT molecular complexity index is 1040. The molecule has 0 aliphatic carbocycles. The van der Waals surface area contributed by atoms with Crippen LogP contribution in [0.3, 0.4) is 0 Å². The summed E-state index contributed by atoms with van der Waals surface area (Å²) in [6, 6.07) is 26.4. The first-order chi connectivity index (χ1) is 13.7. The number of rotatable bonds is 3. The highest BCUT2D eigenvalue weighted by atomic mass is 15.4. The van der Waals surface area contributed by atoms with Crippen molar-refractivity contribution in [3.8, 4) is 0 Å². The molecule has 1 fully saturated rings. The Morgan fingerprint density at radius 3 is 1.82 bits per heavy atom. The SMILES string of the molecule is Cc1ccc(N2CCN(c3ccc(C)cc3)C2c2c[nH]c3ccccc23)cc1. The van der Waals surface area contributed by atoms with Gasteiger partial charge in [-0.05, 0) is 44.2 Å². The second-order valence-corrected chi connectivity index (χ2v) is 7.72. The third-order valence-corrected chi connectivity index (χ3v) is 5.80. The highest BCUT2D eigenvalue weighted by molar-refractivity contribution is 5.85. The lowest BCUT2D eigenvalue weighted by atomic mass is 10.1. The standard InChI is InChI=1S/C25H25N3/c1-18-7-11-20(12-8-18)27-15-16-28(21-13-9-19(2)10-14-21)25(27)23-17-26-24-6-4-3-5-22(23)24/h3-14,17,25-26H,15-16H2,1-2H3. The summed E-state index contributed by atoms with van der Waals surface area (Å²) in [5, 5.41) is 1.30. The van der Waals surface area contributed by atoms with Gasteiger partial charge in [-0.3, -0.25) is 0 Å². The highest BCUT2D eigenvalue weighted by Gasteiger charge is 2.35. The van der Waals surface area contributed by atoms with E-state index in [1.165, 1.54) is 39.0 Å². The number of aryl methyl sites for hydroxylation is 2. The monoisotopic (exact) mass is 367 g/mol. The first-order valence-electron chi connectivity index (χ1n) is 9.93. The molecule has 5 rings (SSSR count). The second kappa shape index (κ2) is 6.75. The molecule has 0 bridgehead atoms. The van der Waals surface area contributed by atoms with Crippen LogP contribution in [0.2, 0.25) is 0 Å². The van der Waals surface area contributed by atoms with E-state index in [1.807, 2.05) is 0 Å². The van der Waals surface area contributed by atoms with Gasteiger partial charge >= 0.3 is 0 Å². The number of nitrogens with one attached hydrogen (secondary N) is 1. The molecule has 4 aromatic rings. The normalized spacial score (nSPS) is 14.9. The summed E-state index contributed by atoms with van der Waals surface area (Å²) in [4.78, 5) is 8.52. The first kappa shape index (κ1) is 16.9. The van der Waals surface area contributed by atoms with Crippen LogP contribution in [0.25, 0.3) is 10.9 Å². The number of anilines is 2. The third-order valence-electron chi connectivity index (χ3n) is 5.80. The minimum Gasteiger partial charge on any atom is -0.361 e. The molecule has 1 saturated heterocycles. The Morgan fingerprint density at radius 1 is 0.714 bits per heavy atom. The molecule has 1 aliphatic rings. The van der Waals surface area contributed by atoms with Gasteiger partial charge in [0.2, 0.25) is 0 Å². The van der Waals surface area contributed by atoms with Crippen LogP contribution in [-0.4, -0.2) is 18.1 Å². The van der Waals surface area contributed by atoms with Crippen LogP contribution in [0.5, 0.6) is 0 Å². The Morgan fingerprint density at radius 2 is 1.25 bits per heavy atom. The smallest absolute Gasteiger partial charge is 0.130 e. The molecule has 1 N–H and O–H groups in total.